The maximum absolute atomic E-state index is 11.8. The number of hydrogen-bond donors (Lipinski definition) is 0. The van der Waals surface area contributed by atoms with Crippen molar-refractivity contribution in [3.63, 3.8) is 0 Å². The average Bonchev–Trinajstić information content (AvgIpc) is 1.70. The molecule has 31 heteroatoms. The van der Waals surface area contributed by atoms with Crippen LogP contribution < -0.4 is 0 Å². The minimum atomic E-state index is -3.81. The van der Waals surface area contributed by atoms with E-state index in [0.29, 0.717) is 58.1 Å². The highest BCUT2D eigenvalue weighted by Crippen LogP contribution is 2.67. The van der Waals surface area contributed by atoms with Gasteiger partial charge in [0.15, 0.2) is 0 Å². The number of ether oxygens (including phenoxy) is 11. The van der Waals surface area contributed by atoms with Crippen molar-refractivity contribution >= 4 is 50.6 Å². The van der Waals surface area contributed by atoms with Crippen LogP contribution in [0.5, 0.6) is 0 Å². The number of rotatable bonds is 53. The summed E-state index contributed by atoms with van der Waals surface area (Å²) < 4.78 is 212. The topological polar surface area (TPSA) is 318 Å². The van der Waals surface area contributed by atoms with E-state index < -0.39 is 87.2 Å². The van der Waals surface area contributed by atoms with Crippen LogP contribution in [0.25, 0.3) is 0 Å². The average molecular weight is 1460 g/mol. The van der Waals surface area contributed by atoms with E-state index in [0.717, 1.165) is 79.6 Å². The molecule has 5 aliphatic rings. The van der Waals surface area contributed by atoms with Gasteiger partial charge in [-0.1, -0.05) is 65.5 Å². The third-order valence-corrected chi connectivity index (χ3v) is 22.1. The normalized spacial score (nSPS) is 28.7. The van der Waals surface area contributed by atoms with Crippen molar-refractivity contribution in [2.45, 2.75) is 187 Å². The fraction of sp³-hybridized carbons (Fsp3) is 0.969. The predicted octanol–water partition coefficient (Wildman–Crippen LogP) is 7.03. The molecule has 0 N–H and O–H groups in total. The van der Waals surface area contributed by atoms with Crippen molar-refractivity contribution in [1.82, 2.24) is 0 Å². The van der Waals surface area contributed by atoms with Gasteiger partial charge < -0.3 is 52.1 Å². The lowest BCUT2D eigenvalue weighted by molar-refractivity contribution is -0.283. The second-order valence-corrected chi connectivity index (χ2v) is 35.5. The first-order valence-corrected chi connectivity index (χ1v) is 43.4. The smallest absolute Gasteiger partial charge is 0.264 e. The molecule has 0 aromatic heterocycles. The SMILES string of the molecule is CC(C)CCC[C@@H](C)[C@H]1CC[C@H]2[C@@H]3CC=C4C[C@H](OCCOCCOCCOCCOCCCOC5C(OCCCOS(C)(=O)=O)C(OCCCOS(C)(=O)=O)C(OCCCOS(C)(=O)=O)C(OCCCOS(C)(=O)=O)C5OCCCOS(C)(=O)=O)CC[C@]4(C)[C@H]3CC[C@]12C. The fourth-order valence-electron chi connectivity index (χ4n) is 14.9. The number of allylic oxidation sites excluding steroid dienone is 1. The fourth-order valence-corrected chi connectivity index (χ4v) is 17.0. The molecule has 0 aliphatic heterocycles. The van der Waals surface area contributed by atoms with Crippen LogP contribution in [-0.2, 0) is 124 Å². The molecule has 0 aromatic carbocycles. The third-order valence-electron chi connectivity index (χ3n) is 19.1. The third kappa shape index (κ3) is 31.6. The van der Waals surface area contributed by atoms with Crippen molar-refractivity contribution in [2.75, 3.05) is 163 Å². The summed E-state index contributed by atoms with van der Waals surface area (Å²) in [6.45, 7) is 14.1. The highest BCUT2D eigenvalue weighted by atomic mass is 32.2. The Morgan fingerprint density at radius 2 is 0.747 bits per heavy atom. The number of hydrogen-bond acceptors (Lipinski definition) is 26. The summed E-state index contributed by atoms with van der Waals surface area (Å²) in [5.74, 6) is 4.94. The van der Waals surface area contributed by atoms with Gasteiger partial charge in [0, 0.05) is 46.2 Å². The Morgan fingerprint density at radius 1 is 0.389 bits per heavy atom. The summed E-state index contributed by atoms with van der Waals surface area (Å²) >= 11 is 0. The Kier molecular flexibility index (Phi) is 37.2. The van der Waals surface area contributed by atoms with Gasteiger partial charge in [-0.15, -0.1) is 0 Å². The quantitative estimate of drug-likeness (QED) is 0.0335. The molecule has 26 nitrogen and oxygen atoms in total. The van der Waals surface area contributed by atoms with Crippen molar-refractivity contribution < 1.29 is 115 Å². The van der Waals surface area contributed by atoms with Crippen LogP contribution in [0.2, 0.25) is 0 Å². The van der Waals surface area contributed by atoms with Gasteiger partial charge in [-0.25, -0.2) is 0 Å². The predicted molar refractivity (Wildman–Crippen MR) is 356 cm³/mol. The molecule has 0 bridgehead atoms. The lowest BCUT2D eigenvalue weighted by atomic mass is 9.47. The summed E-state index contributed by atoms with van der Waals surface area (Å²) in [6.07, 6.45) is 15.5. The second-order valence-electron chi connectivity index (χ2n) is 27.2. The van der Waals surface area contributed by atoms with E-state index >= 15 is 0 Å². The van der Waals surface area contributed by atoms with E-state index in [4.69, 9.17) is 73.0 Å². The van der Waals surface area contributed by atoms with Crippen molar-refractivity contribution in [2.24, 2.45) is 46.3 Å². The molecular weight excluding hydrogens is 1350 g/mol. The molecular formula is C64H118O26S5. The Balaban J connectivity index is 1.09. The molecule has 0 amide bonds. The molecule has 4 saturated carbocycles. The molecule has 5 rings (SSSR count). The summed E-state index contributed by atoms with van der Waals surface area (Å²) in [4.78, 5) is 0. The van der Waals surface area contributed by atoms with Gasteiger partial charge in [0.25, 0.3) is 50.6 Å². The Morgan fingerprint density at radius 3 is 1.12 bits per heavy atom. The first kappa shape index (κ1) is 84.5. The van der Waals surface area contributed by atoms with Gasteiger partial charge >= 0.3 is 0 Å². The monoisotopic (exact) mass is 1460 g/mol. The van der Waals surface area contributed by atoms with Crippen LogP contribution in [0, 0.1) is 46.3 Å². The summed E-state index contributed by atoms with van der Waals surface area (Å²) in [5.41, 5.74) is 2.42. The van der Waals surface area contributed by atoms with Crippen LogP contribution in [0.15, 0.2) is 11.6 Å². The summed E-state index contributed by atoms with van der Waals surface area (Å²) in [7, 11) is -19.1. The molecule has 95 heavy (non-hydrogen) atoms. The van der Waals surface area contributed by atoms with E-state index in [1.54, 1.807) is 5.57 Å². The van der Waals surface area contributed by atoms with Crippen molar-refractivity contribution in [3.8, 4) is 0 Å². The first-order chi connectivity index (χ1) is 44.8. The highest BCUT2D eigenvalue weighted by Gasteiger charge is 2.60. The van der Waals surface area contributed by atoms with E-state index in [1.165, 1.54) is 57.8 Å². The van der Waals surface area contributed by atoms with Gasteiger partial charge in [-0.05, 0) is 136 Å². The Hall–Kier alpha value is -1.15. The molecule has 12 atom stereocenters. The van der Waals surface area contributed by atoms with Crippen LogP contribution >= 0.6 is 0 Å². The first-order valence-electron chi connectivity index (χ1n) is 34.3. The van der Waals surface area contributed by atoms with Gasteiger partial charge in [0.05, 0.1) is 123 Å². The maximum atomic E-state index is 11.8. The highest BCUT2D eigenvalue weighted by molar-refractivity contribution is 7.86. The zero-order chi connectivity index (χ0) is 69.8. The Bertz CT molecular complexity index is 2690. The van der Waals surface area contributed by atoms with Gasteiger partial charge in [-0.2, -0.15) is 42.1 Å². The van der Waals surface area contributed by atoms with E-state index in [-0.39, 0.29) is 130 Å². The van der Waals surface area contributed by atoms with Crippen LogP contribution in [0.4, 0.5) is 0 Å². The van der Waals surface area contributed by atoms with Crippen molar-refractivity contribution in [3.05, 3.63) is 11.6 Å². The number of fused-ring (bicyclic) bond motifs is 5. The molecule has 5 aliphatic carbocycles. The van der Waals surface area contributed by atoms with Gasteiger partial charge in [-0.3, -0.25) is 20.9 Å². The largest absolute Gasteiger partial charge is 0.379 e. The zero-order valence-electron chi connectivity index (χ0n) is 58.4. The lowest BCUT2D eigenvalue weighted by Gasteiger charge is -2.58. The lowest BCUT2D eigenvalue weighted by Crippen LogP contribution is -2.68. The van der Waals surface area contributed by atoms with Crippen LogP contribution in [0.1, 0.15) is 144 Å². The molecule has 4 fully saturated rings. The molecule has 0 aromatic rings. The molecule has 0 saturated heterocycles. The molecule has 0 radical (unpaired) electrons. The zero-order valence-corrected chi connectivity index (χ0v) is 62.5. The van der Waals surface area contributed by atoms with E-state index in [1.807, 2.05) is 0 Å². The van der Waals surface area contributed by atoms with Crippen LogP contribution in [-0.4, -0.2) is 248 Å². The minimum absolute atomic E-state index is 0.0395. The van der Waals surface area contributed by atoms with Gasteiger partial charge in [0.2, 0.25) is 0 Å². The molecule has 560 valence electrons. The Labute approximate surface area is 570 Å². The summed E-state index contributed by atoms with van der Waals surface area (Å²) in [6, 6.07) is 0. The maximum Gasteiger partial charge on any atom is 0.264 e. The molecule has 0 heterocycles. The van der Waals surface area contributed by atoms with E-state index in [9.17, 15) is 42.1 Å². The van der Waals surface area contributed by atoms with Crippen LogP contribution in [0.3, 0.4) is 0 Å². The standard InChI is InChI=1S/C64H118O26S5/c1-49(2)18-11-19-50(3)54-22-23-55-53-21-20-51-48-52(24-26-63(51,4)56(53)25-27-64(54,55)5)79-47-46-78-45-44-77-43-42-76-41-40-75-28-12-29-80-57-58(81-30-13-35-86-91(6,65)66)60(83-32-15-37-88-93(8,69)70)62(85-34-17-39-90-95(10,73)74)61(84-33-16-38-89-94(9,71)72)59(57)82-31-14-36-87-92(7,67)68/h20,49-50,52-62H,11-19,21-48H2,1-10H3/t50-,52-,53+,54-,55+,56+,57?,58?,59?,60?,61?,62?,63+,64-/m1/s1. The molecule has 4 unspecified atom stereocenters. The second kappa shape index (κ2) is 41.8. The van der Waals surface area contributed by atoms with Gasteiger partial charge in [0.1, 0.15) is 36.6 Å². The van der Waals surface area contributed by atoms with Crippen molar-refractivity contribution in [1.29, 1.82) is 0 Å². The molecule has 0 spiro atoms. The minimum Gasteiger partial charge on any atom is -0.379 e. The van der Waals surface area contributed by atoms with E-state index in [2.05, 4.69) is 40.7 Å². The summed E-state index contributed by atoms with van der Waals surface area (Å²) in [5, 5.41) is 0.